The molecule has 0 aliphatic rings. The van der Waals surface area contributed by atoms with Gasteiger partial charge >= 0.3 is 6.18 Å². The minimum absolute atomic E-state index is 0.210. The maximum absolute atomic E-state index is 13.8. The van der Waals surface area contributed by atoms with Crippen LogP contribution in [0.5, 0.6) is 0 Å². The molecule has 4 N–H and O–H groups in total. The van der Waals surface area contributed by atoms with E-state index < -0.39 is 35.8 Å². The summed E-state index contributed by atoms with van der Waals surface area (Å²) < 4.78 is 56.2. The molecule has 0 amide bonds. The summed E-state index contributed by atoms with van der Waals surface area (Å²) in [5.74, 6) is -2.19. The topological polar surface area (TPSA) is 77.7 Å². The number of aromatic nitrogens is 1. The van der Waals surface area contributed by atoms with E-state index in [1.54, 1.807) is 30.0 Å². The molecule has 11 heteroatoms. The zero-order chi connectivity index (χ0) is 29.9. The Hall–Kier alpha value is -3.02. The van der Waals surface area contributed by atoms with Crippen LogP contribution < -0.4 is 5.32 Å². The molecule has 0 bridgehead atoms. The van der Waals surface area contributed by atoms with E-state index in [9.17, 15) is 32.9 Å². The highest BCUT2D eigenvalue weighted by Crippen LogP contribution is 2.41. The first-order valence-corrected chi connectivity index (χ1v) is 14.1. The molecule has 5 nitrogen and oxygen atoms in total. The highest BCUT2D eigenvalue weighted by atomic mass is 35.5. The molecule has 0 spiro atoms. The van der Waals surface area contributed by atoms with E-state index in [0.717, 1.165) is 28.3 Å². The molecule has 0 fully saturated rings. The van der Waals surface area contributed by atoms with Crippen LogP contribution in [0.3, 0.4) is 0 Å². The van der Waals surface area contributed by atoms with Gasteiger partial charge in [-0.25, -0.2) is 4.39 Å². The molecule has 0 radical (unpaired) electrons. The average Bonchev–Trinajstić information content (AvgIpc) is 3.30. The Kier molecular flexibility index (Phi) is 9.40. The van der Waals surface area contributed by atoms with Gasteiger partial charge in [-0.1, -0.05) is 49.4 Å². The minimum atomic E-state index is -4.93. The summed E-state index contributed by atoms with van der Waals surface area (Å²) in [6.45, 7) is 4.70. The number of rotatable bonds is 11. The van der Waals surface area contributed by atoms with Crippen LogP contribution in [0.1, 0.15) is 40.9 Å². The number of aryl methyl sites for hydroxylation is 1. The fourth-order valence-corrected chi connectivity index (χ4v) is 5.59. The minimum Gasteiger partial charge on any atom is -0.394 e. The molecule has 0 saturated carbocycles. The van der Waals surface area contributed by atoms with Crippen LogP contribution in [0.2, 0.25) is 5.02 Å². The number of benzene rings is 3. The first kappa shape index (κ1) is 30.9. The Labute approximate surface area is 244 Å². The van der Waals surface area contributed by atoms with Crippen molar-refractivity contribution in [3.05, 3.63) is 106 Å². The van der Waals surface area contributed by atoms with Crippen molar-refractivity contribution in [1.29, 1.82) is 0 Å². The molecule has 0 aliphatic heterocycles. The fourth-order valence-electron chi connectivity index (χ4n) is 4.76. The normalized spacial score (nSPS) is 13.0. The van der Waals surface area contributed by atoms with Gasteiger partial charge in [-0.3, -0.25) is 0 Å². The maximum atomic E-state index is 13.8. The summed E-state index contributed by atoms with van der Waals surface area (Å²) in [5.41, 5.74) is -0.227. The number of aliphatic hydroxyl groups is 3. The first-order chi connectivity index (χ1) is 19.4. The van der Waals surface area contributed by atoms with E-state index in [-0.39, 0.29) is 23.9 Å². The Bertz CT molecular complexity index is 1540. The van der Waals surface area contributed by atoms with Crippen LogP contribution in [0, 0.1) is 0 Å². The highest BCUT2D eigenvalue weighted by Gasteiger charge is 2.43. The average molecular weight is 609 g/mol. The maximum Gasteiger partial charge on any atom is 0.416 e. The summed E-state index contributed by atoms with van der Waals surface area (Å²) in [7, 11) is 0. The van der Waals surface area contributed by atoms with Gasteiger partial charge in [0.1, 0.15) is 6.67 Å². The SMILES string of the molecule is C=C(NC(CO)c1ccc(SCC)cc1)c1ccc2c(c1)cc(C(O)(O)c1ccc(Cl)cc1C(F)(F)F)n2CCF. The monoisotopic (exact) mass is 608 g/mol. The van der Waals surface area contributed by atoms with E-state index in [0.29, 0.717) is 28.2 Å². The number of hydrogen-bond donors (Lipinski definition) is 4. The molecule has 218 valence electrons. The Morgan fingerprint density at radius 2 is 1.73 bits per heavy atom. The van der Waals surface area contributed by atoms with Gasteiger partial charge in [0.05, 0.1) is 30.5 Å². The van der Waals surface area contributed by atoms with E-state index in [1.807, 2.05) is 24.3 Å². The third-order valence-electron chi connectivity index (χ3n) is 6.70. The quantitative estimate of drug-likeness (QED) is 0.0849. The van der Waals surface area contributed by atoms with Crippen molar-refractivity contribution >= 4 is 40.0 Å². The van der Waals surface area contributed by atoms with Gasteiger partial charge in [-0.2, -0.15) is 13.2 Å². The molecular formula is C30H29ClF4N2O3S. The van der Waals surface area contributed by atoms with E-state index >= 15 is 0 Å². The predicted molar refractivity (Wildman–Crippen MR) is 154 cm³/mol. The standard InChI is InChI=1S/C30H29ClF4N2O3S/c1-3-41-23-8-4-19(5-9-23)26(17-38)36-18(2)20-6-11-27-21(14-20)15-28(37(27)13-12-32)29(39,40)24-10-7-22(31)16-25(24)30(33,34)35/h4-11,14-16,26,36,38-40H,2-3,12-13,17H2,1H3. The molecule has 4 aromatic rings. The number of aliphatic hydroxyl groups excluding tert-OH is 1. The number of thioether (sulfide) groups is 1. The second-order valence-electron chi connectivity index (χ2n) is 9.36. The van der Waals surface area contributed by atoms with Crippen molar-refractivity contribution in [3.63, 3.8) is 0 Å². The molecule has 4 rings (SSSR count). The van der Waals surface area contributed by atoms with Crippen LogP contribution in [0.25, 0.3) is 16.6 Å². The lowest BCUT2D eigenvalue weighted by Crippen LogP contribution is -2.32. The van der Waals surface area contributed by atoms with Crippen molar-refractivity contribution in [2.24, 2.45) is 0 Å². The van der Waals surface area contributed by atoms with E-state index in [2.05, 4.69) is 18.8 Å². The summed E-state index contributed by atoms with van der Waals surface area (Å²) in [4.78, 5) is 1.11. The summed E-state index contributed by atoms with van der Waals surface area (Å²) in [6.07, 6.45) is -4.93. The van der Waals surface area contributed by atoms with Gasteiger partial charge in [-0.05, 0) is 59.3 Å². The lowest BCUT2D eigenvalue weighted by molar-refractivity contribution is -0.160. The third-order valence-corrected chi connectivity index (χ3v) is 7.83. The van der Waals surface area contributed by atoms with Crippen LogP contribution in [-0.4, -0.2) is 38.9 Å². The Morgan fingerprint density at radius 3 is 2.34 bits per heavy atom. The predicted octanol–water partition coefficient (Wildman–Crippen LogP) is 6.87. The summed E-state index contributed by atoms with van der Waals surface area (Å²) >= 11 is 7.47. The van der Waals surface area contributed by atoms with Crippen molar-refractivity contribution < 1.29 is 32.9 Å². The van der Waals surface area contributed by atoms with Gasteiger partial charge in [-0.15, -0.1) is 11.8 Å². The van der Waals surface area contributed by atoms with Crippen molar-refractivity contribution in [2.45, 2.75) is 36.4 Å². The molecular weight excluding hydrogens is 580 g/mol. The molecule has 41 heavy (non-hydrogen) atoms. The fraction of sp³-hybridized carbons (Fsp3) is 0.267. The second-order valence-corrected chi connectivity index (χ2v) is 11.1. The molecule has 0 saturated heterocycles. The zero-order valence-corrected chi connectivity index (χ0v) is 23.6. The Morgan fingerprint density at radius 1 is 1.02 bits per heavy atom. The molecule has 1 heterocycles. The van der Waals surface area contributed by atoms with Gasteiger partial charge < -0.3 is 25.2 Å². The highest BCUT2D eigenvalue weighted by molar-refractivity contribution is 7.99. The molecule has 1 aromatic heterocycles. The van der Waals surface area contributed by atoms with Crippen LogP contribution in [0.15, 0.2) is 78.2 Å². The lowest BCUT2D eigenvalue weighted by atomic mass is 9.96. The summed E-state index contributed by atoms with van der Waals surface area (Å²) in [6, 6.07) is 16.2. The Balaban J connectivity index is 1.71. The van der Waals surface area contributed by atoms with E-state index in [1.165, 1.54) is 10.6 Å². The van der Waals surface area contributed by atoms with Crippen LogP contribution in [-0.2, 0) is 18.5 Å². The number of alkyl halides is 4. The first-order valence-electron chi connectivity index (χ1n) is 12.7. The number of nitrogens with one attached hydrogen (secondary N) is 1. The van der Waals surface area contributed by atoms with Crippen LogP contribution >= 0.6 is 23.4 Å². The third kappa shape index (κ3) is 6.57. The van der Waals surface area contributed by atoms with Crippen molar-refractivity contribution in [2.75, 3.05) is 19.0 Å². The smallest absolute Gasteiger partial charge is 0.394 e. The van der Waals surface area contributed by atoms with E-state index in [4.69, 9.17) is 11.6 Å². The summed E-state index contributed by atoms with van der Waals surface area (Å²) in [5, 5.41) is 35.6. The molecule has 3 aromatic carbocycles. The van der Waals surface area contributed by atoms with Gasteiger partial charge in [0.25, 0.3) is 0 Å². The number of halogens is 5. The second kappa shape index (κ2) is 12.5. The van der Waals surface area contributed by atoms with Crippen LogP contribution in [0.4, 0.5) is 17.6 Å². The van der Waals surface area contributed by atoms with Gasteiger partial charge in [0.15, 0.2) is 0 Å². The zero-order valence-electron chi connectivity index (χ0n) is 22.1. The molecule has 0 aliphatic carbocycles. The van der Waals surface area contributed by atoms with Gasteiger partial charge in [0.2, 0.25) is 5.79 Å². The largest absolute Gasteiger partial charge is 0.416 e. The molecule has 1 atom stereocenters. The van der Waals surface area contributed by atoms with Crippen molar-refractivity contribution in [1.82, 2.24) is 9.88 Å². The number of fused-ring (bicyclic) bond motifs is 1. The molecule has 1 unspecified atom stereocenters. The lowest BCUT2D eigenvalue weighted by Gasteiger charge is -2.27. The number of nitrogens with zero attached hydrogens (tertiary/aromatic N) is 1. The van der Waals surface area contributed by atoms with Gasteiger partial charge in [0, 0.05) is 32.1 Å². The number of hydrogen-bond acceptors (Lipinski definition) is 5. The van der Waals surface area contributed by atoms with Crippen molar-refractivity contribution in [3.8, 4) is 0 Å².